The van der Waals surface area contributed by atoms with Gasteiger partial charge in [-0.2, -0.15) is 0 Å². The smallest absolute Gasteiger partial charge is 0.319 e. The minimum atomic E-state index is -0.281. The Hall–Kier alpha value is -1.47. The molecule has 0 unspecified atom stereocenters. The molecule has 7 heteroatoms. The van der Waals surface area contributed by atoms with Gasteiger partial charge in [-0.1, -0.05) is 0 Å². The molecular weight excluding hydrogens is 266 g/mol. The SMILES string of the molecule is CCOC(=O)CNCc1csc(N(CC)C(C)=O)n1. The predicted octanol–water partition coefficient (Wildman–Crippen LogP) is 1.17. The molecule has 0 saturated carbocycles. The second-order valence-corrected chi connectivity index (χ2v) is 4.63. The molecule has 1 amide bonds. The summed E-state index contributed by atoms with van der Waals surface area (Å²) in [4.78, 5) is 28.5. The third kappa shape index (κ3) is 4.96. The van der Waals surface area contributed by atoms with E-state index >= 15 is 0 Å². The maximum atomic E-state index is 11.4. The van der Waals surface area contributed by atoms with Crippen LogP contribution in [-0.4, -0.2) is 36.6 Å². The lowest BCUT2D eigenvalue weighted by Crippen LogP contribution is -2.28. The van der Waals surface area contributed by atoms with Crippen LogP contribution >= 0.6 is 11.3 Å². The van der Waals surface area contributed by atoms with E-state index < -0.39 is 0 Å². The van der Waals surface area contributed by atoms with E-state index in [-0.39, 0.29) is 18.4 Å². The van der Waals surface area contributed by atoms with Crippen LogP contribution in [-0.2, 0) is 20.9 Å². The Kier molecular flexibility index (Phi) is 6.44. The Balaban J connectivity index is 2.47. The van der Waals surface area contributed by atoms with Crippen LogP contribution in [0.2, 0.25) is 0 Å². The number of esters is 1. The minimum Gasteiger partial charge on any atom is -0.465 e. The first-order valence-corrected chi connectivity index (χ1v) is 7.05. The molecule has 1 heterocycles. The van der Waals surface area contributed by atoms with Crippen LogP contribution < -0.4 is 10.2 Å². The van der Waals surface area contributed by atoms with E-state index in [0.29, 0.717) is 24.8 Å². The Labute approximate surface area is 116 Å². The predicted molar refractivity (Wildman–Crippen MR) is 74.2 cm³/mol. The van der Waals surface area contributed by atoms with Crippen LogP contribution in [0.5, 0.6) is 0 Å². The van der Waals surface area contributed by atoms with Gasteiger partial charge in [0.05, 0.1) is 18.8 Å². The molecule has 1 aromatic rings. The molecule has 1 N–H and O–H groups in total. The van der Waals surface area contributed by atoms with Crippen molar-refractivity contribution in [2.75, 3.05) is 24.6 Å². The number of ether oxygens (including phenoxy) is 1. The maximum absolute atomic E-state index is 11.4. The van der Waals surface area contributed by atoms with Crippen molar-refractivity contribution in [3.05, 3.63) is 11.1 Å². The minimum absolute atomic E-state index is 0.0251. The lowest BCUT2D eigenvalue weighted by atomic mass is 10.4. The van der Waals surface area contributed by atoms with Gasteiger partial charge in [0, 0.05) is 25.4 Å². The van der Waals surface area contributed by atoms with Crippen LogP contribution in [0.4, 0.5) is 5.13 Å². The normalized spacial score (nSPS) is 10.3. The number of nitrogens with one attached hydrogen (secondary N) is 1. The maximum Gasteiger partial charge on any atom is 0.319 e. The fourth-order valence-electron chi connectivity index (χ4n) is 1.50. The zero-order valence-electron chi connectivity index (χ0n) is 11.4. The average Bonchev–Trinajstić information content (AvgIpc) is 2.78. The van der Waals surface area contributed by atoms with Gasteiger partial charge in [-0.05, 0) is 13.8 Å². The number of nitrogens with zero attached hydrogens (tertiary/aromatic N) is 2. The highest BCUT2D eigenvalue weighted by Crippen LogP contribution is 2.20. The van der Waals surface area contributed by atoms with E-state index in [9.17, 15) is 9.59 Å². The summed E-state index contributed by atoms with van der Waals surface area (Å²) >= 11 is 1.42. The number of hydrogen-bond donors (Lipinski definition) is 1. The summed E-state index contributed by atoms with van der Waals surface area (Å²) < 4.78 is 4.80. The fraction of sp³-hybridized carbons (Fsp3) is 0.583. The van der Waals surface area contributed by atoms with Crippen molar-refractivity contribution < 1.29 is 14.3 Å². The quantitative estimate of drug-likeness (QED) is 0.761. The highest BCUT2D eigenvalue weighted by Gasteiger charge is 2.13. The molecule has 0 saturated heterocycles. The van der Waals surface area contributed by atoms with Gasteiger partial charge in [-0.15, -0.1) is 11.3 Å². The highest BCUT2D eigenvalue weighted by atomic mass is 32.1. The Morgan fingerprint density at radius 3 is 2.79 bits per heavy atom. The van der Waals surface area contributed by atoms with Gasteiger partial charge in [0.15, 0.2) is 5.13 Å². The van der Waals surface area contributed by atoms with Gasteiger partial charge >= 0.3 is 5.97 Å². The van der Waals surface area contributed by atoms with E-state index in [0.717, 1.165) is 5.69 Å². The van der Waals surface area contributed by atoms with Gasteiger partial charge in [-0.25, -0.2) is 4.98 Å². The van der Waals surface area contributed by atoms with Crippen molar-refractivity contribution in [2.45, 2.75) is 27.3 Å². The number of anilines is 1. The summed E-state index contributed by atoms with van der Waals surface area (Å²) in [5, 5.41) is 5.51. The van der Waals surface area contributed by atoms with E-state index in [1.807, 2.05) is 12.3 Å². The Morgan fingerprint density at radius 1 is 1.47 bits per heavy atom. The number of rotatable bonds is 7. The largest absolute Gasteiger partial charge is 0.465 e. The highest BCUT2D eigenvalue weighted by molar-refractivity contribution is 7.14. The zero-order chi connectivity index (χ0) is 14.3. The standard InChI is InChI=1S/C12H19N3O3S/c1-4-15(9(3)16)12-14-10(8-19-12)6-13-7-11(17)18-5-2/h8,13H,4-7H2,1-3H3. The lowest BCUT2D eigenvalue weighted by molar-refractivity contribution is -0.142. The Bertz CT molecular complexity index is 434. The molecule has 6 nitrogen and oxygen atoms in total. The first-order chi connectivity index (χ1) is 9.08. The van der Waals surface area contributed by atoms with Crippen LogP contribution in [0.25, 0.3) is 0 Å². The van der Waals surface area contributed by atoms with Crippen molar-refractivity contribution >= 4 is 28.3 Å². The van der Waals surface area contributed by atoms with E-state index in [1.165, 1.54) is 18.3 Å². The summed E-state index contributed by atoms with van der Waals surface area (Å²) in [5.74, 6) is -0.306. The summed E-state index contributed by atoms with van der Waals surface area (Å²) in [7, 11) is 0. The molecule has 0 aliphatic carbocycles. The second kappa shape index (κ2) is 7.85. The van der Waals surface area contributed by atoms with Crippen LogP contribution in [0.15, 0.2) is 5.38 Å². The van der Waals surface area contributed by atoms with Crippen molar-refractivity contribution in [1.82, 2.24) is 10.3 Å². The van der Waals surface area contributed by atoms with Gasteiger partial charge < -0.3 is 10.1 Å². The first kappa shape index (κ1) is 15.6. The van der Waals surface area contributed by atoms with Crippen molar-refractivity contribution in [3.63, 3.8) is 0 Å². The van der Waals surface area contributed by atoms with Gasteiger partial charge in [0.25, 0.3) is 0 Å². The molecule has 0 atom stereocenters. The monoisotopic (exact) mass is 285 g/mol. The molecule has 0 radical (unpaired) electrons. The van der Waals surface area contributed by atoms with Gasteiger partial charge in [0.1, 0.15) is 0 Å². The molecule has 0 aromatic carbocycles. The summed E-state index contributed by atoms with van der Waals surface area (Å²) in [6, 6.07) is 0. The number of aromatic nitrogens is 1. The molecular formula is C12H19N3O3S. The molecule has 0 aliphatic rings. The topological polar surface area (TPSA) is 71.5 Å². The zero-order valence-corrected chi connectivity index (χ0v) is 12.2. The van der Waals surface area contributed by atoms with Crippen LogP contribution in [0.3, 0.4) is 0 Å². The summed E-state index contributed by atoms with van der Waals surface area (Å²) in [6.45, 7) is 6.80. The average molecular weight is 285 g/mol. The third-order valence-corrected chi connectivity index (χ3v) is 3.26. The summed E-state index contributed by atoms with van der Waals surface area (Å²) in [5.41, 5.74) is 0.809. The van der Waals surface area contributed by atoms with Crippen molar-refractivity contribution in [2.24, 2.45) is 0 Å². The third-order valence-electron chi connectivity index (χ3n) is 2.35. The van der Waals surface area contributed by atoms with Gasteiger partial charge in [-0.3, -0.25) is 14.5 Å². The fourth-order valence-corrected chi connectivity index (χ4v) is 2.43. The molecule has 1 aromatic heterocycles. The number of carbonyl (C=O) groups is 2. The molecule has 106 valence electrons. The molecule has 0 spiro atoms. The van der Waals surface area contributed by atoms with E-state index in [1.54, 1.807) is 11.8 Å². The van der Waals surface area contributed by atoms with E-state index in [4.69, 9.17) is 4.74 Å². The molecule has 0 fully saturated rings. The van der Waals surface area contributed by atoms with Crippen LogP contribution in [0.1, 0.15) is 26.5 Å². The molecule has 0 aliphatic heterocycles. The van der Waals surface area contributed by atoms with Crippen molar-refractivity contribution in [3.8, 4) is 0 Å². The Morgan fingerprint density at radius 2 is 2.21 bits per heavy atom. The van der Waals surface area contributed by atoms with Crippen molar-refractivity contribution in [1.29, 1.82) is 0 Å². The molecule has 0 bridgehead atoms. The first-order valence-electron chi connectivity index (χ1n) is 6.17. The molecule has 19 heavy (non-hydrogen) atoms. The summed E-state index contributed by atoms with van der Waals surface area (Å²) in [6.07, 6.45) is 0. The van der Waals surface area contributed by atoms with Gasteiger partial charge in [0.2, 0.25) is 5.91 Å². The number of hydrogen-bond acceptors (Lipinski definition) is 6. The van der Waals surface area contributed by atoms with E-state index in [2.05, 4.69) is 10.3 Å². The number of carbonyl (C=O) groups excluding carboxylic acids is 2. The van der Waals surface area contributed by atoms with Crippen LogP contribution in [0, 0.1) is 0 Å². The lowest BCUT2D eigenvalue weighted by Gasteiger charge is -2.14. The number of thiazole rings is 1. The number of amides is 1. The second-order valence-electron chi connectivity index (χ2n) is 3.79. The molecule has 1 rings (SSSR count).